The molecular formula is C15H32N2. The summed E-state index contributed by atoms with van der Waals surface area (Å²) >= 11 is 0. The van der Waals surface area contributed by atoms with Gasteiger partial charge in [-0.1, -0.05) is 20.8 Å². The lowest BCUT2D eigenvalue weighted by Crippen LogP contribution is -2.39. The van der Waals surface area contributed by atoms with Crippen LogP contribution in [-0.2, 0) is 0 Å². The average molecular weight is 240 g/mol. The molecule has 0 amide bonds. The van der Waals surface area contributed by atoms with E-state index in [-0.39, 0.29) is 0 Å². The quantitative estimate of drug-likeness (QED) is 0.772. The number of rotatable bonds is 6. The first-order valence-electron chi connectivity index (χ1n) is 7.35. The Bertz CT molecular complexity index is 203. The van der Waals surface area contributed by atoms with Crippen molar-refractivity contribution >= 4 is 0 Å². The summed E-state index contributed by atoms with van der Waals surface area (Å²) in [6, 6.07) is 0.823. The molecule has 1 aliphatic carbocycles. The molecule has 0 bridgehead atoms. The van der Waals surface area contributed by atoms with Gasteiger partial charge in [0.25, 0.3) is 0 Å². The minimum atomic E-state index is 0.586. The van der Waals surface area contributed by atoms with E-state index in [4.69, 9.17) is 5.73 Å². The fourth-order valence-electron chi connectivity index (χ4n) is 3.02. The smallest absolute Gasteiger partial charge is 0.00927 e. The monoisotopic (exact) mass is 240 g/mol. The predicted molar refractivity (Wildman–Crippen MR) is 76.1 cm³/mol. The minimum Gasteiger partial charge on any atom is -0.330 e. The molecule has 0 aromatic carbocycles. The first kappa shape index (κ1) is 15.0. The van der Waals surface area contributed by atoms with Crippen LogP contribution in [0.2, 0.25) is 0 Å². The average Bonchev–Trinajstić information content (AvgIpc) is 2.26. The summed E-state index contributed by atoms with van der Waals surface area (Å²) < 4.78 is 0. The highest BCUT2D eigenvalue weighted by molar-refractivity contribution is 4.83. The van der Waals surface area contributed by atoms with Gasteiger partial charge in [-0.05, 0) is 63.5 Å². The van der Waals surface area contributed by atoms with Gasteiger partial charge >= 0.3 is 0 Å². The third kappa shape index (κ3) is 5.39. The van der Waals surface area contributed by atoms with Crippen molar-refractivity contribution in [1.29, 1.82) is 0 Å². The van der Waals surface area contributed by atoms with Crippen LogP contribution in [0.5, 0.6) is 0 Å². The highest BCUT2D eigenvalue weighted by Crippen LogP contribution is 2.36. The maximum absolute atomic E-state index is 5.57. The van der Waals surface area contributed by atoms with Gasteiger partial charge in [0.2, 0.25) is 0 Å². The second-order valence-electron chi connectivity index (χ2n) is 6.87. The van der Waals surface area contributed by atoms with E-state index in [0.29, 0.717) is 5.41 Å². The van der Waals surface area contributed by atoms with Crippen LogP contribution >= 0.6 is 0 Å². The van der Waals surface area contributed by atoms with Crippen molar-refractivity contribution in [3.63, 3.8) is 0 Å². The van der Waals surface area contributed by atoms with Gasteiger partial charge in [-0.25, -0.2) is 0 Å². The summed E-state index contributed by atoms with van der Waals surface area (Å²) in [6.45, 7) is 9.26. The van der Waals surface area contributed by atoms with Gasteiger partial charge in [0.15, 0.2) is 0 Å². The molecule has 1 aliphatic rings. The molecule has 0 spiro atoms. The number of nitrogens with two attached hydrogens (primary N) is 1. The zero-order valence-corrected chi connectivity index (χ0v) is 12.3. The number of hydrogen-bond donors (Lipinski definition) is 1. The SMILES string of the molecule is CC(CCCN)CN(C)C1CCC(C)(C)CC1. The maximum atomic E-state index is 5.57. The van der Waals surface area contributed by atoms with Crippen LogP contribution in [0.25, 0.3) is 0 Å². The zero-order valence-electron chi connectivity index (χ0n) is 12.3. The Morgan fingerprint density at radius 2 is 1.88 bits per heavy atom. The molecule has 17 heavy (non-hydrogen) atoms. The molecule has 2 nitrogen and oxygen atoms in total. The van der Waals surface area contributed by atoms with Crippen molar-refractivity contribution in [3.05, 3.63) is 0 Å². The molecule has 0 aliphatic heterocycles. The maximum Gasteiger partial charge on any atom is 0.00927 e. The van der Waals surface area contributed by atoms with Gasteiger partial charge in [0.1, 0.15) is 0 Å². The van der Waals surface area contributed by atoms with Gasteiger partial charge in [0.05, 0.1) is 0 Å². The van der Waals surface area contributed by atoms with Crippen LogP contribution in [0, 0.1) is 11.3 Å². The second kappa shape index (κ2) is 6.75. The van der Waals surface area contributed by atoms with Gasteiger partial charge < -0.3 is 10.6 Å². The third-order valence-corrected chi connectivity index (χ3v) is 4.43. The van der Waals surface area contributed by atoms with Crippen molar-refractivity contribution in [1.82, 2.24) is 4.90 Å². The van der Waals surface area contributed by atoms with E-state index in [1.807, 2.05) is 0 Å². The summed E-state index contributed by atoms with van der Waals surface area (Å²) in [4.78, 5) is 2.59. The number of hydrogen-bond acceptors (Lipinski definition) is 2. The Morgan fingerprint density at radius 3 is 2.41 bits per heavy atom. The van der Waals surface area contributed by atoms with Crippen molar-refractivity contribution in [2.75, 3.05) is 20.1 Å². The molecule has 2 N–H and O–H groups in total. The molecule has 1 saturated carbocycles. The van der Waals surface area contributed by atoms with Crippen LogP contribution in [0.3, 0.4) is 0 Å². The van der Waals surface area contributed by atoms with E-state index in [1.54, 1.807) is 0 Å². The van der Waals surface area contributed by atoms with Gasteiger partial charge in [-0.2, -0.15) is 0 Å². The Hall–Kier alpha value is -0.0800. The Labute approximate surface area is 108 Å². The van der Waals surface area contributed by atoms with Crippen LogP contribution < -0.4 is 5.73 Å². The fraction of sp³-hybridized carbons (Fsp3) is 1.00. The minimum absolute atomic E-state index is 0.586. The Balaban J connectivity index is 2.26. The molecule has 0 aromatic rings. The molecule has 1 atom stereocenters. The van der Waals surface area contributed by atoms with Crippen LogP contribution in [0.15, 0.2) is 0 Å². The lowest BCUT2D eigenvalue weighted by Gasteiger charge is -2.39. The molecule has 1 rings (SSSR count). The van der Waals surface area contributed by atoms with Crippen molar-refractivity contribution in [2.45, 2.75) is 65.3 Å². The molecule has 0 aromatic heterocycles. The fourth-order valence-corrected chi connectivity index (χ4v) is 3.02. The van der Waals surface area contributed by atoms with Gasteiger partial charge in [0, 0.05) is 12.6 Å². The summed E-state index contributed by atoms with van der Waals surface area (Å²) in [6.07, 6.45) is 7.99. The van der Waals surface area contributed by atoms with Crippen molar-refractivity contribution in [3.8, 4) is 0 Å². The molecule has 0 radical (unpaired) electrons. The normalized spacial score (nSPS) is 22.9. The van der Waals surface area contributed by atoms with Gasteiger partial charge in [-0.15, -0.1) is 0 Å². The lowest BCUT2D eigenvalue weighted by atomic mass is 9.75. The van der Waals surface area contributed by atoms with Crippen molar-refractivity contribution in [2.24, 2.45) is 17.1 Å². The standard InChI is InChI=1S/C15H32N2/c1-13(6-5-11-16)12-17(4)14-7-9-15(2,3)10-8-14/h13-14H,5-12,16H2,1-4H3. The topological polar surface area (TPSA) is 29.3 Å². The molecule has 0 heterocycles. The Morgan fingerprint density at radius 1 is 1.29 bits per heavy atom. The highest BCUT2D eigenvalue weighted by Gasteiger charge is 2.28. The largest absolute Gasteiger partial charge is 0.330 e. The lowest BCUT2D eigenvalue weighted by molar-refractivity contribution is 0.115. The summed E-state index contributed by atoms with van der Waals surface area (Å²) in [5, 5.41) is 0. The van der Waals surface area contributed by atoms with Crippen molar-refractivity contribution < 1.29 is 0 Å². The van der Waals surface area contributed by atoms with E-state index >= 15 is 0 Å². The third-order valence-electron chi connectivity index (χ3n) is 4.43. The molecule has 2 heteroatoms. The summed E-state index contributed by atoms with van der Waals surface area (Å²) in [7, 11) is 2.31. The van der Waals surface area contributed by atoms with E-state index < -0.39 is 0 Å². The number of nitrogens with zero attached hydrogens (tertiary/aromatic N) is 1. The summed E-state index contributed by atoms with van der Waals surface area (Å²) in [5.74, 6) is 0.790. The van der Waals surface area contributed by atoms with E-state index in [9.17, 15) is 0 Å². The summed E-state index contributed by atoms with van der Waals surface area (Å²) in [5.41, 5.74) is 6.15. The first-order chi connectivity index (χ1) is 7.94. The second-order valence-corrected chi connectivity index (χ2v) is 6.87. The molecule has 102 valence electrons. The van der Waals surface area contributed by atoms with E-state index in [1.165, 1.54) is 45.1 Å². The highest BCUT2D eigenvalue weighted by atomic mass is 15.1. The van der Waals surface area contributed by atoms with Crippen LogP contribution in [0.4, 0.5) is 0 Å². The molecule has 1 fully saturated rings. The van der Waals surface area contributed by atoms with E-state index in [0.717, 1.165) is 18.5 Å². The predicted octanol–water partition coefficient (Wildman–Crippen LogP) is 3.26. The molecule has 1 unspecified atom stereocenters. The molecular weight excluding hydrogens is 208 g/mol. The Kier molecular flexibility index (Phi) is 5.94. The molecule has 0 saturated heterocycles. The zero-order chi connectivity index (χ0) is 12.9. The van der Waals surface area contributed by atoms with Crippen LogP contribution in [0.1, 0.15) is 59.3 Å². The first-order valence-corrected chi connectivity index (χ1v) is 7.35. The van der Waals surface area contributed by atoms with Crippen LogP contribution in [-0.4, -0.2) is 31.1 Å². The van der Waals surface area contributed by atoms with E-state index in [2.05, 4.69) is 32.7 Å². The van der Waals surface area contributed by atoms with Gasteiger partial charge in [-0.3, -0.25) is 0 Å².